The van der Waals surface area contributed by atoms with Crippen LogP contribution in [-0.2, 0) is 0 Å². The Kier molecular flexibility index (Phi) is 5.76. The van der Waals surface area contributed by atoms with Gasteiger partial charge in [-0.1, -0.05) is 0 Å². The monoisotopic (exact) mass is 287 g/mol. The van der Waals surface area contributed by atoms with Crippen molar-refractivity contribution in [2.75, 3.05) is 27.2 Å². The van der Waals surface area contributed by atoms with Crippen molar-refractivity contribution in [3.05, 3.63) is 17.7 Å². The Hall–Kier alpha value is -1.62. The van der Waals surface area contributed by atoms with E-state index < -0.39 is 0 Å². The number of ether oxygens (including phenoxy) is 3. The van der Waals surface area contributed by atoms with Crippen LogP contribution < -0.4 is 19.5 Å². The number of nitrogens with one attached hydrogen (secondary N) is 1. The third-order valence-electron chi connectivity index (χ3n) is 2.56. The second-order valence-corrected chi connectivity index (χ2v) is 4.24. The van der Waals surface area contributed by atoms with Gasteiger partial charge in [0.1, 0.15) is 5.75 Å². The van der Waals surface area contributed by atoms with Crippen molar-refractivity contribution in [3.8, 4) is 17.2 Å². The average Bonchev–Trinajstić information content (AvgIpc) is 2.45. The smallest absolute Gasteiger partial charge is 0.255 e. The summed E-state index contributed by atoms with van der Waals surface area (Å²) in [5, 5.41) is 2.76. The number of hydrogen-bond donors (Lipinski definition) is 1. The molecule has 1 rings (SSSR count). The maximum Gasteiger partial charge on any atom is 0.255 e. The van der Waals surface area contributed by atoms with E-state index in [0.717, 1.165) is 0 Å². The van der Waals surface area contributed by atoms with E-state index in [2.05, 4.69) is 5.32 Å². The van der Waals surface area contributed by atoms with Crippen molar-refractivity contribution in [1.82, 2.24) is 5.32 Å². The number of rotatable bonds is 6. The number of carbonyl (C=O) groups is 1. The lowest BCUT2D eigenvalue weighted by molar-refractivity contribution is 0.0940. The van der Waals surface area contributed by atoms with Gasteiger partial charge in [-0.3, -0.25) is 4.79 Å². The minimum atomic E-state index is -0.272. The highest BCUT2D eigenvalue weighted by Crippen LogP contribution is 2.34. The lowest BCUT2D eigenvalue weighted by Gasteiger charge is -2.15. The molecule has 5 nitrogen and oxygen atoms in total. The van der Waals surface area contributed by atoms with Crippen LogP contribution in [0, 0.1) is 0 Å². The number of alkyl halides is 1. The Morgan fingerprint density at radius 3 is 2.16 bits per heavy atom. The summed E-state index contributed by atoms with van der Waals surface area (Å²) in [5.41, 5.74) is 0.372. The van der Waals surface area contributed by atoms with Crippen molar-refractivity contribution >= 4 is 17.5 Å². The van der Waals surface area contributed by atoms with Crippen LogP contribution in [0.2, 0.25) is 0 Å². The summed E-state index contributed by atoms with van der Waals surface area (Å²) >= 11 is 5.67. The van der Waals surface area contributed by atoms with Crippen molar-refractivity contribution in [1.29, 1.82) is 0 Å². The maximum atomic E-state index is 12.1. The van der Waals surface area contributed by atoms with Crippen molar-refractivity contribution < 1.29 is 19.0 Å². The minimum absolute atomic E-state index is 0.132. The van der Waals surface area contributed by atoms with Crippen LogP contribution in [-0.4, -0.2) is 39.2 Å². The Morgan fingerprint density at radius 1 is 1.16 bits per heavy atom. The van der Waals surface area contributed by atoms with Gasteiger partial charge in [-0.25, -0.2) is 0 Å². The van der Waals surface area contributed by atoms with Gasteiger partial charge >= 0.3 is 0 Å². The van der Waals surface area contributed by atoms with Crippen LogP contribution in [0.4, 0.5) is 0 Å². The molecule has 0 radical (unpaired) electrons. The minimum Gasteiger partial charge on any atom is -0.496 e. The first-order valence-electron chi connectivity index (χ1n) is 5.74. The highest BCUT2D eigenvalue weighted by atomic mass is 35.5. The second-order valence-electron chi connectivity index (χ2n) is 3.94. The zero-order valence-electron chi connectivity index (χ0n) is 11.5. The van der Waals surface area contributed by atoms with E-state index in [9.17, 15) is 4.79 Å². The predicted octanol–water partition coefficient (Wildman–Crippen LogP) is 2.07. The molecule has 0 spiro atoms. The maximum absolute atomic E-state index is 12.1. The highest BCUT2D eigenvalue weighted by Gasteiger charge is 2.18. The van der Waals surface area contributed by atoms with Gasteiger partial charge in [0, 0.05) is 24.1 Å². The van der Waals surface area contributed by atoms with Crippen molar-refractivity contribution in [3.63, 3.8) is 0 Å². The molecule has 0 heterocycles. The van der Waals surface area contributed by atoms with E-state index in [1.807, 2.05) is 6.92 Å². The first-order valence-corrected chi connectivity index (χ1v) is 6.27. The lowest BCUT2D eigenvalue weighted by Crippen LogP contribution is -2.33. The van der Waals surface area contributed by atoms with Gasteiger partial charge in [-0.15, -0.1) is 11.6 Å². The first-order chi connectivity index (χ1) is 9.07. The number of hydrogen-bond acceptors (Lipinski definition) is 4. The Labute approximate surface area is 117 Å². The molecule has 19 heavy (non-hydrogen) atoms. The lowest BCUT2D eigenvalue weighted by atomic mass is 10.1. The fourth-order valence-electron chi connectivity index (χ4n) is 1.55. The van der Waals surface area contributed by atoms with Gasteiger partial charge in [-0.05, 0) is 6.92 Å². The van der Waals surface area contributed by atoms with E-state index in [-0.39, 0.29) is 11.9 Å². The van der Waals surface area contributed by atoms with Gasteiger partial charge in [0.05, 0.1) is 26.9 Å². The third kappa shape index (κ3) is 3.67. The average molecular weight is 288 g/mol. The summed E-state index contributed by atoms with van der Waals surface area (Å²) in [4.78, 5) is 12.1. The summed E-state index contributed by atoms with van der Waals surface area (Å²) in [6.07, 6.45) is 0. The number of carbonyl (C=O) groups excluding carboxylic acids is 1. The Morgan fingerprint density at radius 2 is 1.68 bits per heavy atom. The zero-order chi connectivity index (χ0) is 14.4. The molecule has 1 atom stereocenters. The quantitative estimate of drug-likeness (QED) is 0.814. The van der Waals surface area contributed by atoms with Crippen LogP contribution >= 0.6 is 11.6 Å². The Balaban J connectivity index is 3.14. The van der Waals surface area contributed by atoms with E-state index in [1.165, 1.54) is 21.3 Å². The molecule has 0 aliphatic heterocycles. The van der Waals surface area contributed by atoms with Crippen molar-refractivity contribution in [2.24, 2.45) is 0 Å². The number of benzene rings is 1. The molecule has 6 heteroatoms. The van der Waals surface area contributed by atoms with Gasteiger partial charge < -0.3 is 19.5 Å². The van der Waals surface area contributed by atoms with E-state index in [1.54, 1.807) is 12.1 Å². The van der Waals surface area contributed by atoms with Gasteiger partial charge in [0.25, 0.3) is 5.91 Å². The molecule has 106 valence electrons. The number of amides is 1. The topological polar surface area (TPSA) is 56.8 Å². The molecule has 1 aromatic carbocycles. The molecule has 1 amide bonds. The highest BCUT2D eigenvalue weighted by molar-refractivity contribution is 6.18. The molecule has 0 aliphatic carbocycles. The third-order valence-corrected chi connectivity index (χ3v) is 3.02. The largest absolute Gasteiger partial charge is 0.496 e. The standard InChI is InChI=1S/C13H18ClNO4/c1-8(7-14)15-13(16)9-5-11(18-3)12(19-4)6-10(9)17-2/h5-6,8H,7H2,1-4H3,(H,15,16). The number of methoxy groups -OCH3 is 3. The predicted molar refractivity (Wildman–Crippen MR) is 73.7 cm³/mol. The molecular formula is C13H18ClNO4. The van der Waals surface area contributed by atoms with Crippen LogP contribution in [0.1, 0.15) is 17.3 Å². The van der Waals surface area contributed by atoms with Gasteiger partial charge in [0.15, 0.2) is 11.5 Å². The normalized spacial score (nSPS) is 11.6. The van der Waals surface area contributed by atoms with Crippen molar-refractivity contribution in [2.45, 2.75) is 13.0 Å². The molecule has 0 saturated carbocycles. The first kappa shape index (κ1) is 15.4. The molecule has 0 bridgehead atoms. The van der Waals surface area contributed by atoms with Gasteiger partial charge in [-0.2, -0.15) is 0 Å². The molecule has 1 N–H and O–H groups in total. The van der Waals surface area contributed by atoms with Crippen LogP contribution in [0.25, 0.3) is 0 Å². The zero-order valence-corrected chi connectivity index (χ0v) is 12.2. The van der Waals surface area contributed by atoms with E-state index >= 15 is 0 Å². The van der Waals surface area contributed by atoms with Crippen LogP contribution in [0.15, 0.2) is 12.1 Å². The summed E-state index contributed by atoms with van der Waals surface area (Å²) in [5.74, 6) is 1.44. The van der Waals surface area contributed by atoms with Crippen LogP contribution in [0.3, 0.4) is 0 Å². The summed E-state index contributed by atoms with van der Waals surface area (Å²) in [6, 6.07) is 3.06. The fourth-order valence-corrected chi connectivity index (χ4v) is 1.62. The second kappa shape index (κ2) is 7.09. The molecule has 0 saturated heterocycles. The van der Waals surface area contributed by atoms with E-state index in [4.69, 9.17) is 25.8 Å². The summed E-state index contributed by atoms with van der Waals surface area (Å²) in [7, 11) is 4.52. The summed E-state index contributed by atoms with van der Waals surface area (Å²) in [6.45, 7) is 1.82. The Bertz CT molecular complexity index is 451. The molecule has 0 aliphatic rings. The molecule has 0 fully saturated rings. The molecular weight excluding hydrogens is 270 g/mol. The molecule has 1 aromatic rings. The van der Waals surface area contributed by atoms with Gasteiger partial charge in [0.2, 0.25) is 0 Å². The molecule has 0 aromatic heterocycles. The van der Waals surface area contributed by atoms with E-state index in [0.29, 0.717) is 28.7 Å². The van der Waals surface area contributed by atoms with Crippen LogP contribution in [0.5, 0.6) is 17.2 Å². The fraction of sp³-hybridized carbons (Fsp3) is 0.462. The number of halogens is 1. The SMILES string of the molecule is COc1cc(OC)c(C(=O)NC(C)CCl)cc1OC. The molecule has 1 unspecified atom stereocenters. The summed E-state index contributed by atoms with van der Waals surface area (Å²) < 4.78 is 15.5.